The molecular formula is C20H18ClN5O3. The summed E-state index contributed by atoms with van der Waals surface area (Å²) in [7, 11) is 0. The van der Waals surface area contributed by atoms with Gasteiger partial charge in [0, 0.05) is 29.9 Å². The zero-order valence-corrected chi connectivity index (χ0v) is 16.4. The van der Waals surface area contributed by atoms with E-state index in [1.165, 1.54) is 0 Å². The third kappa shape index (κ3) is 4.22. The van der Waals surface area contributed by atoms with E-state index in [1.54, 1.807) is 49.4 Å². The lowest BCUT2D eigenvalue weighted by molar-refractivity contribution is -0.120. The van der Waals surface area contributed by atoms with E-state index in [1.807, 2.05) is 4.90 Å². The molecule has 0 radical (unpaired) electrons. The number of amides is 2. The molecule has 2 amide bonds. The van der Waals surface area contributed by atoms with Crippen LogP contribution in [0.25, 0.3) is 11.5 Å². The van der Waals surface area contributed by atoms with Crippen LogP contribution in [0.3, 0.4) is 0 Å². The highest BCUT2D eigenvalue weighted by Crippen LogP contribution is 2.29. The van der Waals surface area contributed by atoms with Crippen LogP contribution in [0.1, 0.15) is 16.2 Å². The molecule has 2 N–H and O–H groups in total. The molecule has 0 spiro atoms. The topological polar surface area (TPSA) is 100 Å². The van der Waals surface area contributed by atoms with Gasteiger partial charge in [-0.1, -0.05) is 16.8 Å². The summed E-state index contributed by atoms with van der Waals surface area (Å²) in [6.45, 7) is 3.26. The maximum Gasteiger partial charge on any atom is 0.257 e. The van der Waals surface area contributed by atoms with Gasteiger partial charge in [-0.15, -0.1) is 0 Å². The van der Waals surface area contributed by atoms with Gasteiger partial charge < -0.3 is 20.1 Å². The number of halogens is 1. The Balaban J connectivity index is 1.45. The summed E-state index contributed by atoms with van der Waals surface area (Å²) in [5, 5.41) is 9.84. The van der Waals surface area contributed by atoms with Crippen molar-refractivity contribution in [3.63, 3.8) is 0 Å². The molecule has 1 saturated heterocycles. The van der Waals surface area contributed by atoms with Gasteiger partial charge in [-0.3, -0.25) is 9.59 Å². The molecule has 8 nitrogen and oxygen atoms in total. The lowest BCUT2D eigenvalue weighted by Crippen LogP contribution is -2.47. The number of anilines is 2. The zero-order chi connectivity index (χ0) is 20.4. The number of hydrogen-bond donors (Lipinski definition) is 2. The minimum atomic E-state index is -0.264. The molecule has 2 heterocycles. The molecule has 0 saturated carbocycles. The van der Waals surface area contributed by atoms with Gasteiger partial charge in [-0.2, -0.15) is 4.98 Å². The van der Waals surface area contributed by atoms with Gasteiger partial charge in [0.2, 0.25) is 5.91 Å². The average Bonchev–Trinajstić information content (AvgIpc) is 3.14. The number of aryl methyl sites for hydroxylation is 1. The third-order valence-corrected chi connectivity index (χ3v) is 4.81. The lowest BCUT2D eigenvalue weighted by atomic mass is 10.1. The molecule has 4 rings (SSSR count). The van der Waals surface area contributed by atoms with E-state index in [-0.39, 0.29) is 18.4 Å². The van der Waals surface area contributed by atoms with Gasteiger partial charge in [0.1, 0.15) is 0 Å². The maximum absolute atomic E-state index is 12.5. The van der Waals surface area contributed by atoms with Crippen molar-refractivity contribution in [3.05, 3.63) is 58.9 Å². The van der Waals surface area contributed by atoms with Crippen LogP contribution in [-0.4, -0.2) is 41.6 Å². The summed E-state index contributed by atoms with van der Waals surface area (Å²) < 4.78 is 5.12. The van der Waals surface area contributed by atoms with Crippen LogP contribution in [0.2, 0.25) is 5.02 Å². The Bertz CT molecular complexity index is 1060. The molecule has 0 unspecified atom stereocenters. The minimum absolute atomic E-state index is 0.0381. The second-order valence-corrected chi connectivity index (χ2v) is 7.02. The number of nitrogens with zero attached hydrogens (tertiary/aromatic N) is 3. The fraction of sp³-hybridized carbons (Fsp3) is 0.200. The van der Waals surface area contributed by atoms with Crippen molar-refractivity contribution in [2.75, 3.05) is 29.9 Å². The normalized spacial score (nSPS) is 13.9. The van der Waals surface area contributed by atoms with E-state index in [0.29, 0.717) is 41.1 Å². The van der Waals surface area contributed by atoms with Gasteiger partial charge in [0.15, 0.2) is 5.82 Å². The number of rotatable bonds is 4. The Morgan fingerprint density at radius 3 is 2.69 bits per heavy atom. The van der Waals surface area contributed by atoms with Gasteiger partial charge >= 0.3 is 0 Å². The third-order valence-electron chi connectivity index (χ3n) is 4.51. The Morgan fingerprint density at radius 1 is 1.24 bits per heavy atom. The van der Waals surface area contributed by atoms with Crippen molar-refractivity contribution in [1.29, 1.82) is 0 Å². The van der Waals surface area contributed by atoms with Crippen molar-refractivity contribution in [2.24, 2.45) is 0 Å². The van der Waals surface area contributed by atoms with Crippen LogP contribution >= 0.6 is 11.6 Å². The van der Waals surface area contributed by atoms with Crippen molar-refractivity contribution < 1.29 is 14.1 Å². The number of piperazine rings is 1. The first-order valence-electron chi connectivity index (χ1n) is 9.03. The van der Waals surface area contributed by atoms with E-state index >= 15 is 0 Å². The Kier molecular flexibility index (Phi) is 5.18. The van der Waals surface area contributed by atoms with E-state index < -0.39 is 0 Å². The lowest BCUT2D eigenvalue weighted by Gasteiger charge is -2.29. The first kappa shape index (κ1) is 18.9. The Morgan fingerprint density at radius 2 is 2.03 bits per heavy atom. The Labute approximate surface area is 171 Å². The highest BCUT2D eigenvalue weighted by atomic mass is 35.5. The summed E-state index contributed by atoms with van der Waals surface area (Å²) in [6, 6.07) is 12.1. The predicted molar refractivity (Wildman–Crippen MR) is 109 cm³/mol. The molecule has 3 aromatic rings. The van der Waals surface area contributed by atoms with Crippen LogP contribution in [-0.2, 0) is 4.79 Å². The van der Waals surface area contributed by atoms with Gasteiger partial charge in [0.25, 0.3) is 11.8 Å². The standard InChI is InChI=1S/C20H18ClN5O3/c1-12-23-20(29-25-12)14-4-2-13(3-5-14)19(28)24-15-6-7-17(16(21)10-15)26-9-8-22-18(27)11-26/h2-7,10H,8-9,11H2,1H3,(H,22,27)(H,24,28). The quantitative estimate of drug-likeness (QED) is 0.684. The summed E-state index contributed by atoms with van der Waals surface area (Å²) in [5.41, 5.74) is 2.55. The van der Waals surface area contributed by atoms with Crippen LogP contribution < -0.4 is 15.5 Å². The second kappa shape index (κ2) is 7.92. The molecule has 2 aromatic carbocycles. The first-order valence-corrected chi connectivity index (χ1v) is 9.41. The summed E-state index contributed by atoms with van der Waals surface area (Å²) in [5.74, 6) is 0.652. The smallest absolute Gasteiger partial charge is 0.257 e. The number of carbonyl (C=O) groups is 2. The highest BCUT2D eigenvalue weighted by molar-refractivity contribution is 6.33. The molecule has 148 valence electrons. The maximum atomic E-state index is 12.5. The number of nitrogens with one attached hydrogen (secondary N) is 2. The summed E-state index contributed by atoms with van der Waals surface area (Å²) >= 11 is 6.38. The van der Waals surface area contributed by atoms with E-state index in [9.17, 15) is 9.59 Å². The summed E-state index contributed by atoms with van der Waals surface area (Å²) in [4.78, 5) is 30.2. The van der Waals surface area contributed by atoms with Gasteiger partial charge in [0.05, 0.1) is 17.3 Å². The molecule has 0 atom stereocenters. The van der Waals surface area contributed by atoms with Crippen molar-refractivity contribution in [2.45, 2.75) is 6.92 Å². The Hall–Kier alpha value is -3.39. The number of aromatic nitrogens is 2. The van der Waals surface area contributed by atoms with Gasteiger partial charge in [-0.05, 0) is 49.4 Å². The highest BCUT2D eigenvalue weighted by Gasteiger charge is 2.19. The second-order valence-electron chi connectivity index (χ2n) is 6.62. The van der Waals surface area contributed by atoms with E-state index in [4.69, 9.17) is 16.1 Å². The summed E-state index contributed by atoms with van der Waals surface area (Å²) in [6.07, 6.45) is 0. The van der Waals surface area contributed by atoms with Crippen LogP contribution in [0, 0.1) is 6.92 Å². The number of hydrogen-bond acceptors (Lipinski definition) is 6. The zero-order valence-electron chi connectivity index (χ0n) is 15.6. The van der Waals surface area contributed by atoms with Crippen LogP contribution in [0.15, 0.2) is 47.0 Å². The van der Waals surface area contributed by atoms with Crippen molar-refractivity contribution >= 4 is 34.8 Å². The van der Waals surface area contributed by atoms with Crippen LogP contribution in [0.5, 0.6) is 0 Å². The largest absolute Gasteiger partial charge is 0.359 e. The van der Waals surface area contributed by atoms with Gasteiger partial charge in [-0.25, -0.2) is 0 Å². The number of benzene rings is 2. The van der Waals surface area contributed by atoms with Crippen molar-refractivity contribution in [1.82, 2.24) is 15.5 Å². The van der Waals surface area contributed by atoms with Crippen molar-refractivity contribution in [3.8, 4) is 11.5 Å². The monoisotopic (exact) mass is 411 g/mol. The molecule has 9 heteroatoms. The minimum Gasteiger partial charge on any atom is -0.359 e. The molecule has 1 aliphatic rings. The predicted octanol–water partition coefficient (Wildman–Crippen LogP) is 2.89. The number of carbonyl (C=O) groups excluding carboxylic acids is 2. The molecule has 1 fully saturated rings. The molecular weight excluding hydrogens is 394 g/mol. The molecule has 1 aliphatic heterocycles. The van der Waals surface area contributed by atoms with E-state index in [2.05, 4.69) is 20.8 Å². The van der Waals surface area contributed by atoms with Crippen LogP contribution in [0.4, 0.5) is 11.4 Å². The first-order chi connectivity index (χ1) is 14.0. The van der Waals surface area contributed by atoms with E-state index in [0.717, 1.165) is 11.3 Å². The fourth-order valence-electron chi connectivity index (χ4n) is 3.07. The SMILES string of the molecule is Cc1noc(-c2ccc(C(=O)Nc3ccc(N4CCNC(=O)C4)c(Cl)c3)cc2)n1. The molecule has 1 aromatic heterocycles. The fourth-order valence-corrected chi connectivity index (χ4v) is 3.37. The molecule has 0 bridgehead atoms. The average molecular weight is 412 g/mol. The molecule has 0 aliphatic carbocycles. The molecule has 29 heavy (non-hydrogen) atoms.